The minimum atomic E-state index is -0.677. The topological polar surface area (TPSA) is 61.6 Å². The summed E-state index contributed by atoms with van der Waals surface area (Å²) in [6.07, 6.45) is 5.17. The largest absolute Gasteiger partial charge is 0.381 e. The molecule has 2 fully saturated rings. The van der Waals surface area contributed by atoms with Gasteiger partial charge < -0.3 is 15.2 Å². The van der Waals surface area contributed by atoms with Gasteiger partial charge in [0, 0.05) is 25.7 Å². The molecule has 1 spiro atoms. The summed E-state index contributed by atoms with van der Waals surface area (Å²) in [5, 5.41) is 0. The Bertz CT molecular complexity index is 316. The lowest BCUT2D eigenvalue weighted by atomic mass is 9.74. The van der Waals surface area contributed by atoms with Gasteiger partial charge in [-0.15, -0.1) is 0 Å². The van der Waals surface area contributed by atoms with E-state index in [1.807, 2.05) is 6.92 Å². The van der Waals surface area contributed by atoms with E-state index in [0.717, 1.165) is 51.7 Å². The zero-order valence-electron chi connectivity index (χ0n) is 12.2. The quantitative estimate of drug-likeness (QED) is 0.848. The number of carbonyl (C=O) groups is 1. The molecule has 2 unspecified atom stereocenters. The summed E-state index contributed by atoms with van der Waals surface area (Å²) >= 11 is 0. The Kier molecular flexibility index (Phi) is 4.64. The number of carbonyl (C=O) groups excluding carboxylic acids is 1. The number of hydrogen-bond acceptors (Lipinski definition) is 4. The zero-order valence-corrected chi connectivity index (χ0v) is 12.2. The van der Waals surface area contributed by atoms with Crippen molar-refractivity contribution in [3.8, 4) is 0 Å². The van der Waals surface area contributed by atoms with Crippen molar-refractivity contribution in [3.63, 3.8) is 0 Å². The van der Waals surface area contributed by atoms with E-state index < -0.39 is 5.54 Å². The number of Topliss-reactive ketones (excluding diaryl/α,β-unsaturated/α-hetero) is 1. The van der Waals surface area contributed by atoms with E-state index in [4.69, 9.17) is 15.2 Å². The first-order chi connectivity index (χ1) is 8.99. The molecule has 0 amide bonds. The van der Waals surface area contributed by atoms with Gasteiger partial charge >= 0.3 is 0 Å². The van der Waals surface area contributed by atoms with Gasteiger partial charge in [0.1, 0.15) is 0 Å². The van der Waals surface area contributed by atoms with Crippen molar-refractivity contribution >= 4 is 5.78 Å². The summed E-state index contributed by atoms with van der Waals surface area (Å²) < 4.78 is 11.4. The van der Waals surface area contributed by atoms with Crippen LogP contribution >= 0.6 is 0 Å². The molecule has 0 saturated carbocycles. The molecule has 2 aliphatic heterocycles. The van der Waals surface area contributed by atoms with Crippen molar-refractivity contribution in [2.45, 2.75) is 63.5 Å². The van der Waals surface area contributed by atoms with E-state index in [1.165, 1.54) is 0 Å². The van der Waals surface area contributed by atoms with E-state index in [-0.39, 0.29) is 17.3 Å². The summed E-state index contributed by atoms with van der Waals surface area (Å²) in [4.78, 5) is 12.6. The maximum Gasteiger partial charge on any atom is 0.155 e. The zero-order chi connectivity index (χ0) is 13.9. The standard InChI is InChI=1S/C15H27NO3/c1-3-5-14(2,16)13(17)12-4-8-19-15(11-12)6-9-18-10-7-15/h12H,3-11,16H2,1-2H3. The highest BCUT2D eigenvalue weighted by atomic mass is 16.5. The van der Waals surface area contributed by atoms with Crippen LogP contribution in [0, 0.1) is 5.92 Å². The fourth-order valence-corrected chi connectivity index (χ4v) is 3.45. The van der Waals surface area contributed by atoms with Gasteiger partial charge in [0.2, 0.25) is 0 Å². The Labute approximate surface area is 116 Å². The maximum atomic E-state index is 12.6. The normalized spacial score (nSPS) is 29.9. The molecule has 4 nitrogen and oxygen atoms in total. The van der Waals surface area contributed by atoms with E-state index >= 15 is 0 Å². The highest BCUT2D eigenvalue weighted by Crippen LogP contribution is 2.38. The van der Waals surface area contributed by atoms with Gasteiger partial charge in [0.25, 0.3) is 0 Å². The van der Waals surface area contributed by atoms with Crippen LogP contribution in [0.3, 0.4) is 0 Å². The molecule has 0 aromatic carbocycles. The Morgan fingerprint density at radius 2 is 2.05 bits per heavy atom. The molecular formula is C15H27NO3. The summed E-state index contributed by atoms with van der Waals surface area (Å²) in [5.74, 6) is 0.289. The van der Waals surface area contributed by atoms with Crippen molar-refractivity contribution in [3.05, 3.63) is 0 Å². The molecule has 110 valence electrons. The van der Waals surface area contributed by atoms with Gasteiger partial charge in [0.05, 0.1) is 11.1 Å². The van der Waals surface area contributed by atoms with Gasteiger partial charge in [-0.25, -0.2) is 0 Å². The third-order valence-corrected chi connectivity index (χ3v) is 4.60. The van der Waals surface area contributed by atoms with Gasteiger partial charge in [0.15, 0.2) is 5.78 Å². The second-order valence-corrected chi connectivity index (χ2v) is 6.37. The number of nitrogens with two attached hydrogens (primary N) is 1. The summed E-state index contributed by atoms with van der Waals surface area (Å²) in [6.45, 7) is 6.12. The van der Waals surface area contributed by atoms with Crippen LogP contribution in [0.4, 0.5) is 0 Å². The monoisotopic (exact) mass is 269 g/mol. The predicted octanol–water partition coefficient (Wildman–Crippen LogP) is 2.05. The number of rotatable bonds is 4. The van der Waals surface area contributed by atoms with Crippen LogP contribution in [0.25, 0.3) is 0 Å². The lowest BCUT2D eigenvalue weighted by Crippen LogP contribution is -2.53. The Balaban J connectivity index is 2.02. The first kappa shape index (κ1) is 14.9. The average Bonchev–Trinajstić information content (AvgIpc) is 2.39. The van der Waals surface area contributed by atoms with Gasteiger partial charge in [-0.2, -0.15) is 0 Å². The SMILES string of the molecule is CCCC(C)(N)C(=O)C1CCOC2(CCOCC2)C1. The van der Waals surface area contributed by atoms with Crippen molar-refractivity contribution in [2.24, 2.45) is 11.7 Å². The lowest BCUT2D eigenvalue weighted by Gasteiger charge is -2.44. The smallest absolute Gasteiger partial charge is 0.155 e. The fraction of sp³-hybridized carbons (Fsp3) is 0.933. The third kappa shape index (κ3) is 3.36. The highest BCUT2D eigenvalue weighted by molar-refractivity contribution is 5.90. The van der Waals surface area contributed by atoms with E-state index in [0.29, 0.717) is 6.61 Å². The third-order valence-electron chi connectivity index (χ3n) is 4.60. The molecule has 2 N–H and O–H groups in total. The van der Waals surface area contributed by atoms with Crippen molar-refractivity contribution in [2.75, 3.05) is 19.8 Å². The highest BCUT2D eigenvalue weighted by Gasteiger charge is 2.44. The Morgan fingerprint density at radius 3 is 2.68 bits per heavy atom. The molecule has 19 heavy (non-hydrogen) atoms. The van der Waals surface area contributed by atoms with E-state index in [9.17, 15) is 4.79 Å². The molecule has 0 aliphatic carbocycles. The molecule has 2 atom stereocenters. The molecule has 0 radical (unpaired) electrons. The van der Waals surface area contributed by atoms with Crippen LogP contribution in [0.2, 0.25) is 0 Å². The van der Waals surface area contributed by atoms with Crippen LogP contribution < -0.4 is 5.73 Å². The van der Waals surface area contributed by atoms with E-state index in [2.05, 4.69) is 6.92 Å². The fourth-order valence-electron chi connectivity index (χ4n) is 3.45. The Hall–Kier alpha value is -0.450. The first-order valence-corrected chi connectivity index (χ1v) is 7.54. The lowest BCUT2D eigenvalue weighted by molar-refractivity contribution is -0.159. The van der Waals surface area contributed by atoms with Crippen LogP contribution in [0.15, 0.2) is 0 Å². The number of ketones is 1. The van der Waals surface area contributed by atoms with Gasteiger partial charge in [-0.05, 0) is 39.0 Å². The first-order valence-electron chi connectivity index (χ1n) is 7.54. The van der Waals surface area contributed by atoms with Gasteiger partial charge in [-0.3, -0.25) is 4.79 Å². The minimum absolute atomic E-state index is 0.0633. The molecular weight excluding hydrogens is 242 g/mol. The van der Waals surface area contributed by atoms with Crippen LogP contribution in [0.1, 0.15) is 52.4 Å². The average molecular weight is 269 g/mol. The molecule has 2 rings (SSSR count). The van der Waals surface area contributed by atoms with Gasteiger partial charge in [-0.1, -0.05) is 13.3 Å². The van der Waals surface area contributed by atoms with E-state index in [1.54, 1.807) is 0 Å². The maximum absolute atomic E-state index is 12.6. The molecule has 0 bridgehead atoms. The van der Waals surface area contributed by atoms with Crippen LogP contribution in [0.5, 0.6) is 0 Å². The molecule has 2 heterocycles. The Morgan fingerprint density at radius 1 is 1.37 bits per heavy atom. The molecule has 2 saturated heterocycles. The van der Waals surface area contributed by atoms with Crippen LogP contribution in [-0.4, -0.2) is 36.7 Å². The predicted molar refractivity (Wildman–Crippen MR) is 74.0 cm³/mol. The van der Waals surface area contributed by atoms with Crippen molar-refractivity contribution in [1.82, 2.24) is 0 Å². The molecule has 0 aromatic heterocycles. The molecule has 4 heteroatoms. The second kappa shape index (κ2) is 5.90. The summed E-state index contributed by atoms with van der Waals surface area (Å²) in [5.41, 5.74) is 5.40. The second-order valence-electron chi connectivity index (χ2n) is 6.37. The molecule has 0 aromatic rings. The molecule has 2 aliphatic rings. The number of hydrogen-bond donors (Lipinski definition) is 1. The number of ether oxygens (including phenoxy) is 2. The van der Waals surface area contributed by atoms with Crippen LogP contribution in [-0.2, 0) is 14.3 Å². The van der Waals surface area contributed by atoms with Crippen molar-refractivity contribution < 1.29 is 14.3 Å². The summed E-state index contributed by atoms with van der Waals surface area (Å²) in [7, 11) is 0. The van der Waals surface area contributed by atoms with Crippen molar-refractivity contribution in [1.29, 1.82) is 0 Å². The minimum Gasteiger partial charge on any atom is -0.381 e. The summed E-state index contributed by atoms with van der Waals surface area (Å²) in [6, 6.07) is 0.